The van der Waals surface area contributed by atoms with Crippen molar-refractivity contribution in [2.45, 2.75) is 18.8 Å². The van der Waals surface area contributed by atoms with Crippen molar-refractivity contribution in [3.05, 3.63) is 36.4 Å². The summed E-state index contributed by atoms with van der Waals surface area (Å²) in [6.07, 6.45) is 8.62. The Balaban J connectivity index is 2.02. The van der Waals surface area contributed by atoms with Crippen molar-refractivity contribution >= 4 is 17.0 Å². The highest BCUT2D eigenvalue weighted by Gasteiger charge is 2.31. The third kappa shape index (κ3) is 1.77. The molecule has 0 fully saturated rings. The van der Waals surface area contributed by atoms with Crippen LogP contribution in [0.2, 0.25) is 0 Å². The minimum Gasteiger partial charge on any atom is -0.481 e. The molecular formula is C13H13N3O2. The zero-order chi connectivity index (χ0) is 12.5. The van der Waals surface area contributed by atoms with Crippen LogP contribution in [0, 0.1) is 5.92 Å². The number of hydrogen-bond donors (Lipinski definition) is 2. The molecule has 18 heavy (non-hydrogen) atoms. The Kier molecular flexibility index (Phi) is 2.59. The van der Waals surface area contributed by atoms with Crippen LogP contribution in [0.4, 0.5) is 0 Å². The summed E-state index contributed by atoms with van der Waals surface area (Å²) >= 11 is 0. The molecule has 92 valence electrons. The van der Waals surface area contributed by atoms with E-state index in [2.05, 4.69) is 15.0 Å². The van der Waals surface area contributed by atoms with Crippen LogP contribution in [0.3, 0.4) is 0 Å². The van der Waals surface area contributed by atoms with Crippen LogP contribution in [0.1, 0.15) is 24.6 Å². The summed E-state index contributed by atoms with van der Waals surface area (Å²) in [5.41, 5.74) is 1.69. The predicted molar refractivity (Wildman–Crippen MR) is 66.1 cm³/mol. The molecule has 2 atom stereocenters. The second kappa shape index (κ2) is 4.25. The molecule has 2 N–H and O–H groups in total. The maximum absolute atomic E-state index is 11.3. The van der Waals surface area contributed by atoms with Crippen LogP contribution in [-0.2, 0) is 4.79 Å². The fourth-order valence-corrected chi connectivity index (χ4v) is 2.44. The number of fused-ring (bicyclic) bond motifs is 1. The molecule has 0 amide bonds. The highest BCUT2D eigenvalue weighted by molar-refractivity contribution is 5.75. The van der Waals surface area contributed by atoms with Crippen LogP contribution < -0.4 is 0 Å². The number of nitrogens with one attached hydrogen (secondary N) is 1. The molecule has 0 saturated carbocycles. The van der Waals surface area contributed by atoms with Crippen molar-refractivity contribution < 1.29 is 9.90 Å². The molecule has 3 rings (SSSR count). The lowest BCUT2D eigenvalue weighted by Crippen LogP contribution is -2.24. The van der Waals surface area contributed by atoms with Crippen LogP contribution in [0.5, 0.6) is 0 Å². The number of nitrogens with zero attached hydrogens (tertiary/aromatic N) is 2. The maximum atomic E-state index is 11.3. The largest absolute Gasteiger partial charge is 0.481 e. The smallest absolute Gasteiger partial charge is 0.307 e. The van der Waals surface area contributed by atoms with Crippen molar-refractivity contribution in [2.24, 2.45) is 5.92 Å². The lowest BCUT2D eigenvalue weighted by atomic mass is 9.82. The maximum Gasteiger partial charge on any atom is 0.307 e. The van der Waals surface area contributed by atoms with Crippen LogP contribution in [0.15, 0.2) is 30.6 Å². The van der Waals surface area contributed by atoms with Gasteiger partial charge in [0.25, 0.3) is 0 Å². The molecule has 1 aliphatic carbocycles. The number of aromatic amines is 1. The zero-order valence-corrected chi connectivity index (χ0v) is 9.71. The number of carbonyl (C=O) groups is 1. The monoisotopic (exact) mass is 243 g/mol. The lowest BCUT2D eigenvalue weighted by Gasteiger charge is -2.23. The van der Waals surface area contributed by atoms with E-state index in [1.165, 1.54) is 0 Å². The van der Waals surface area contributed by atoms with Crippen molar-refractivity contribution in [2.75, 3.05) is 0 Å². The normalized spacial score (nSPS) is 23.3. The molecule has 2 aromatic rings. The number of imidazole rings is 1. The highest BCUT2D eigenvalue weighted by atomic mass is 16.4. The molecule has 5 nitrogen and oxygen atoms in total. The van der Waals surface area contributed by atoms with Gasteiger partial charge in [-0.2, -0.15) is 0 Å². The van der Waals surface area contributed by atoms with E-state index in [1.807, 2.05) is 18.2 Å². The number of carboxylic acid groups (broad SMARTS) is 1. The van der Waals surface area contributed by atoms with Crippen LogP contribution >= 0.6 is 0 Å². The zero-order valence-electron chi connectivity index (χ0n) is 9.71. The summed E-state index contributed by atoms with van der Waals surface area (Å²) in [5, 5.41) is 9.26. The molecule has 0 aromatic carbocycles. The Bertz CT molecular complexity index is 584. The van der Waals surface area contributed by atoms with Gasteiger partial charge < -0.3 is 10.1 Å². The molecule has 2 aromatic heterocycles. The van der Waals surface area contributed by atoms with Crippen LogP contribution in [-0.4, -0.2) is 26.0 Å². The minimum absolute atomic E-state index is 0.0834. The predicted octanol–water partition coefficient (Wildman–Crippen LogP) is 2.09. The first-order chi connectivity index (χ1) is 8.75. The number of aromatic nitrogens is 3. The fraction of sp³-hybridized carbons (Fsp3) is 0.308. The molecule has 0 spiro atoms. The number of hydrogen-bond acceptors (Lipinski definition) is 3. The minimum atomic E-state index is -0.761. The van der Waals surface area contributed by atoms with Gasteiger partial charge in [-0.3, -0.25) is 9.78 Å². The van der Waals surface area contributed by atoms with Gasteiger partial charge in [-0.15, -0.1) is 0 Å². The first kappa shape index (κ1) is 11.0. The Morgan fingerprint density at radius 1 is 1.39 bits per heavy atom. The van der Waals surface area contributed by atoms with Gasteiger partial charge in [0, 0.05) is 12.1 Å². The molecule has 0 bridgehead atoms. The highest BCUT2D eigenvalue weighted by Crippen LogP contribution is 2.33. The summed E-state index contributed by atoms with van der Waals surface area (Å²) in [6.45, 7) is 0. The number of aliphatic carboxylic acids is 1. The van der Waals surface area contributed by atoms with Crippen molar-refractivity contribution in [1.82, 2.24) is 15.0 Å². The number of H-pyrrole nitrogens is 1. The second-order valence-electron chi connectivity index (χ2n) is 4.51. The first-order valence-electron chi connectivity index (χ1n) is 5.93. The van der Waals surface area contributed by atoms with E-state index >= 15 is 0 Å². The number of carboxylic acids is 1. The fourth-order valence-electron chi connectivity index (χ4n) is 2.44. The molecular weight excluding hydrogens is 230 g/mol. The standard InChI is InChI=1S/C13H13N3O2/c17-13(18)9-4-2-1-3-8(9)12-15-10-5-6-14-7-11(10)16-12/h1-2,5-9H,3-4H2,(H,15,16)(H,17,18)/t8-,9+/m1/s1. The molecule has 0 unspecified atom stereocenters. The SMILES string of the molecule is O=C(O)[C@H]1CC=CC[C@H]1c1nc2ccncc2[nH]1. The number of allylic oxidation sites excluding steroid dienone is 2. The summed E-state index contributed by atoms with van der Waals surface area (Å²) in [4.78, 5) is 22.9. The Morgan fingerprint density at radius 2 is 2.22 bits per heavy atom. The van der Waals surface area contributed by atoms with E-state index in [4.69, 9.17) is 0 Å². The first-order valence-corrected chi connectivity index (χ1v) is 5.93. The molecule has 0 radical (unpaired) electrons. The van der Waals surface area contributed by atoms with Crippen molar-refractivity contribution in [3.8, 4) is 0 Å². The van der Waals surface area contributed by atoms with E-state index in [0.29, 0.717) is 12.8 Å². The van der Waals surface area contributed by atoms with Gasteiger partial charge in [0.15, 0.2) is 0 Å². The number of rotatable bonds is 2. The average Bonchev–Trinajstić information content (AvgIpc) is 2.82. The van der Waals surface area contributed by atoms with Gasteiger partial charge in [-0.1, -0.05) is 12.2 Å². The van der Waals surface area contributed by atoms with Gasteiger partial charge in [-0.05, 0) is 18.9 Å². The molecule has 0 saturated heterocycles. The Labute approximate surface area is 104 Å². The van der Waals surface area contributed by atoms with E-state index < -0.39 is 11.9 Å². The average molecular weight is 243 g/mol. The molecule has 1 aliphatic rings. The summed E-state index contributed by atoms with van der Waals surface area (Å²) in [6, 6.07) is 1.82. The van der Waals surface area contributed by atoms with E-state index in [9.17, 15) is 9.90 Å². The number of pyridine rings is 1. The van der Waals surface area contributed by atoms with Gasteiger partial charge in [0.2, 0.25) is 0 Å². The lowest BCUT2D eigenvalue weighted by molar-refractivity contribution is -0.142. The van der Waals surface area contributed by atoms with Crippen LogP contribution in [0.25, 0.3) is 11.0 Å². The van der Waals surface area contributed by atoms with Gasteiger partial charge >= 0.3 is 5.97 Å². The summed E-state index contributed by atoms with van der Waals surface area (Å²) in [5.74, 6) is -0.499. The third-order valence-electron chi connectivity index (χ3n) is 3.40. The molecule has 0 aliphatic heterocycles. The quantitative estimate of drug-likeness (QED) is 0.791. The van der Waals surface area contributed by atoms with Gasteiger partial charge in [-0.25, -0.2) is 4.98 Å². The summed E-state index contributed by atoms with van der Waals surface area (Å²) < 4.78 is 0. The van der Waals surface area contributed by atoms with Crippen molar-refractivity contribution in [1.29, 1.82) is 0 Å². The molecule has 5 heteroatoms. The van der Waals surface area contributed by atoms with Gasteiger partial charge in [0.05, 0.1) is 23.1 Å². The van der Waals surface area contributed by atoms with E-state index in [-0.39, 0.29) is 5.92 Å². The molecule has 2 heterocycles. The van der Waals surface area contributed by atoms with E-state index in [0.717, 1.165) is 16.9 Å². The van der Waals surface area contributed by atoms with E-state index in [1.54, 1.807) is 12.4 Å². The topological polar surface area (TPSA) is 78.9 Å². The Hall–Kier alpha value is -2.17. The second-order valence-corrected chi connectivity index (χ2v) is 4.51. The Morgan fingerprint density at radius 3 is 3.00 bits per heavy atom. The summed E-state index contributed by atoms with van der Waals surface area (Å²) in [7, 11) is 0. The van der Waals surface area contributed by atoms with Gasteiger partial charge in [0.1, 0.15) is 5.82 Å². The third-order valence-corrected chi connectivity index (χ3v) is 3.40. The van der Waals surface area contributed by atoms with Crippen molar-refractivity contribution in [3.63, 3.8) is 0 Å².